The van der Waals surface area contributed by atoms with Crippen LogP contribution in [0.3, 0.4) is 0 Å². The third-order valence-electron chi connectivity index (χ3n) is 5.08. The number of nitrogens with zero attached hydrogens (tertiary/aromatic N) is 4. The lowest BCUT2D eigenvalue weighted by Gasteiger charge is -2.32. The second-order valence-electron chi connectivity index (χ2n) is 6.88. The number of aromatic amines is 1. The molecule has 4 rings (SSSR count). The zero-order valence-electron chi connectivity index (χ0n) is 14.9. The Kier molecular flexibility index (Phi) is 4.56. The predicted octanol–water partition coefficient (Wildman–Crippen LogP) is 2.98. The second-order valence-corrected chi connectivity index (χ2v) is 6.88. The monoisotopic (exact) mass is 349 g/mol. The molecule has 26 heavy (non-hydrogen) atoms. The van der Waals surface area contributed by atoms with Crippen LogP contribution in [0.4, 0.5) is 0 Å². The fraction of sp³-hybridized carbons (Fsp3) is 0.350. The molecule has 0 spiro atoms. The first-order valence-electron chi connectivity index (χ1n) is 9.05. The minimum absolute atomic E-state index is 0.110. The van der Waals surface area contributed by atoms with Gasteiger partial charge in [0.25, 0.3) is 5.91 Å². The van der Waals surface area contributed by atoms with Crippen LogP contribution < -0.4 is 0 Å². The molecule has 0 unspecified atom stereocenters. The first-order chi connectivity index (χ1) is 12.7. The number of amides is 1. The molecule has 3 aromatic heterocycles. The van der Waals surface area contributed by atoms with Crippen LogP contribution >= 0.6 is 0 Å². The van der Waals surface area contributed by atoms with Crippen molar-refractivity contribution in [3.05, 3.63) is 71.8 Å². The molecule has 1 amide bonds. The molecule has 4 heterocycles. The number of imidazole rings is 1. The summed E-state index contributed by atoms with van der Waals surface area (Å²) in [6, 6.07) is 5.89. The van der Waals surface area contributed by atoms with Gasteiger partial charge in [0.1, 0.15) is 5.82 Å². The summed E-state index contributed by atoms with van der Waals surface area (Å²) in [4.78, 5) is 26.7. The summed E-state index contributed by atoms with van der Waals surface area (Å²) in [5.74, 6) is 1.43. The molecule has 0 saturated carbocycles. The Morgan fingerprint density at radius 2 is 2.27 bits per heavy atom. The van der Waals surface area contributed by atoms with Crippen LogP contribution in [0.5, 0.6) is 0 Å². The van der Waals surface area contributed by atoms with E-state index in [-0.39, 0.29) is 11.8 Å². The highest BCUT2D eigenvalue weighted by Gasteiger charge is 2.28. The van der Waals surface area contributed by atoms with Crippen LogP contribution in [0, 0.1) is 6.92 Å². The first kappa shape index (κ1) is 16.6. The van der Waals surface area contributed by atoms with Gasteiger partial charge in [-0.15, -0.1) is 0 Å². The van der Waals surface area contributed by atoms with Crippen molar-refractivity contribution in [3.63, 3.8) is 0 Å². The van der Waals surface area contributed by atoms with Gasteiger partial charge in [-0.2, -0.15) is 0 Å². The molecule has 0 aliphatic carbocycles. The molecule has 1 aliphatic heterocycles. The molecular formula is C20H23N5O. The fourth-order valence-corrected chi connectivity index (χ4v) is 3.73. The number of H-pyrrole nitrogens is 1. The summed E-state index contributed by atoms with van der Waals surface area (Å²) in [5.41, 5.74) is 2.85. The van der Waals surface area contributed by atoms with Gasteiger partial charge in [-0.25, -0.2) is 4.98 Å². The normalized spacial score (nSPS) is 17.4. The van der Waals surface area contributed by atoms with Crippen molar-refractivity contribution in [1.82, 2.24) is 24.4 Å². The maximum absolute atomic E-state index is 12.8. The molecule has 1 saturated heterocycles. The average molecular weight is 349 g/mol. The summed E-state index contributed by atoms with van der Waals surface area (Å²) in [5, 5.41) is 0. The molecule has 0 aromatic carbocycles. The van der Waals surface area contributed by atoms with E-state index in [1.165, 1.54) is 0 Å². The molecule has 6 heteroatoms. The van der Waals surface area contributed by atoms with Gasteiger partial charge in [0.2, 0.25) is 0 Å². The minimum atomic E-state index is 0.110. The number of hydrogen-bond donors (Lipinski definition) is 1. The van der Waals surface area contributed by atoms with Crippen molar-refractivity contribution >= 4 is 5.91 Å². The number of rotatable bonds is 4. The molecule has 134 valence electrons. The Bertz CT molecular complexity index is 883. The molecule has 3 aromatic rings. The number of aromatic nitrogens is 4. The van der Waals surface area contributed by atoms with Crippen molar-refractivity contribution in [2.75, 3.05) is 13.1 Å². The average Bonchev–Trinajstić information content (AvgIpc) is 3.31. The molecular weight excluding hydrogens is 326 g/mol. The third kappa shape index (κ3) is 3.27. The Hall–Kier alpha value is -2.89. The van der Waals surface area contributed by atoms with Gasteiger partial charge >= 0.3 is 0 Å². The number of piperidine rings is 1. The van der Waals surface area contributed by atoms with Crippen LogP contribution in [-0.2, 0) is 6.54 Å². The minimum Gasteiger partial charge on any atom is -0.365 e. The molecule has 0 bridgehead atoms. The van der Waals surface area contributed by atoms with Crippen molar-refractivity contribution in [2.45, 2.75) is 32.2 Å². The number of nitrogens with one attached hydrogen (secondary N) is 1. The van der Waals surface area contributed by atoms with Gasteiger partial charge in [0.15, 0.2) is 0 Å². The smallest absolute Gasteiger partial charge is 0.255 e. The number of carbonyl (C=O) groups is 1. The van der Waals surface area contributed by atoms with Crippen LogP contribution in [0.1, 0.15) is 46.2 Å². The van der Waals surface area contributed by atoms with Gasteiger partial charge in [-0.05, 0) is 37.5 Å². The molecule has 1 N–H and O–H groups in total. The molecule has 0 radical (unpaired) electrons. The van der Waals surface area contributed by atoms with E-state index in [0.717, 1.165) is 48.6 Å². The van der Waals surface area contributed by atoms with E-state index >= 15 is 0 Å². The quantitative estimate of drug-likeness (QED) is 0.787. The Morgan fingerprint density at radius 3 is 3.04 bits per heavy atom. The summed E-state index contributed by atoms with van der Waals surface area (Å²) < 4.78 is 2.18. The summed E-state index contributed by atoms with van der Waals surface area (Å²) in [6.45, 7) is 4.22. The molecule has 1 aliphatic rings. The SMILES string of the molecule is Cc1[nH]ccc1C(=O)N1CCC[C@H](c2nccn2Cc2cccnc2)C1. The Labute approximate surface area is 152 Å². The highest BCUT2D eigenvalue weighted by molar-refractivity contribution is 5.95. The number of aryl methyl sites for hydroxylation is 1. The lowest BCUT2D eigenvalue weighted by Crippen LogP contribution is -2.40. The van der Waals surface area contributed by atoms with Crippen LogP contribution in [-0.4, -0.2) is 43.4 Å². The topological polar surface area (TPSA) is 66.8 Å². The molecule has 6 nitrogen and oxygen atoms in total. The fourth-order valence-electron chi connectivity index (χ4n) is 3.73. The number of hydrogen-bond acceptors (Lipinski definition) is 3. The highest BCUT2D eigenvalue weighted by atomic mass is 16.2. The second kappa shape index (κ2) is 7.15. The van der Waals surface area contributed by atoms with Crippen molar-refractivity contribution in [1.29, 1.82) is 0 Å². The lowest BCUT2D eigenvalue weighted by atomic mass is 9.96. The van der Waals surface area contributed by atoms with Gasteiger partial charge < -0.3 is 14.5 Å². The predicted molar refractivity (Wildman–Crippen MR) is 99.0 cm³/mol. The Balaban J connectivity index is 1.51. The first-order valence-corrected chi connectivity index (χ1v) is 9.05. The van der Waals surface area contributed by atoms with Crippen molar-refractivity contribution < 1.29 is 4.79 Å². The van der Waals surface area contributed by atoms with E-state index in [4.69, 9.17) is 0 Å². The molecule has 1 atom stereocenters. The van der Waals surface area contributed by atoms with Crippen LogP contribution in [0.2, 0.25) is 0 Å². The van der Waals surface area contributed by atoms with Gasteiger partial charge in [-0.1, -0.05) is 6.07 Å². The maximum atomic E-state index is 12.8. The van der Waals surface area contributed by atoms with E-state index in [1.54, 1.807) is 6.20 Å². The van der Waals surface area contributed by atoms with Gasteiger partial charge in [0.05, 0.1) is 12.1 Å². The number of likely N-dealkylation sites (tertiary alicyclic amines) is 1. The number of pyridine rings is 1. The Morgan fingerprint density at radius 1 is 1.35 bits per heavy atom. The number of carbonyl (C=O) groups excluding carboxylic acids is 1. The summed E-state index contributed by atoms with van der Waals surface area (Å²) in [7, 11) is 0. The van der Waals surface area contributed by atoms with Crippen molar-refractivity contribution in [2.24, 2.45) is 0 Å². The highest BCUT2D eigenvalue weighted by Crippen LogP contribution is 2.27. The van der Waals surface area contributed by atoms with Gasteiger partial charge in [-0.3, -0.25) is 9.78 Å². The summed E-state index contributed by atoms with van der Waals surface area (Å²) >= 11 is 0. The molecule has 1 fully saturated rings. The largest absolute Gasteiger partial charge is 0.365 e. The van der Waals surface area contributed by atoms with Crippen LogP contribution in [0.25, 0.3) is 0 Å². The van der Waals surface area contributed by atoms with Gasteiger partial charge in [0, 0.05) is 55.7 Å². The van der Waals surface area contributed by atoms with Crippen molar-refractivity contribution in [3.8, 4) is 0 Å². The standard InChI is InChI=1S/C20H23N5O/c1-15-18(6-8-22-15)20(26)25-10-3-5-17(14-25)19-23-9-11-24(19)13-16-4-2-7-21-12-16/h2,4,6-9,11-12,17,22H,3,5,10,13-14H2,1H3/t17-/m0/s1. The van der Waals surface area contributed by atoms with E-state index in [9.17, 15) is 4.79 Å². The lowest BCUT2D eigenvalue weighted by molar-refractivity contribution is 0.0703. The van der Waals surface area contributed by atoms with E-state index < -0.39 is 0 Å². The van der Waals surface area contributed by atoms with E-state index in [1.807, 2.05) is 48.7 Å². The van der Waals surface area contributed by atoms with Crippen LogP contribution in [0.15, 0.2) is 49.2 Å². The van der Waals surface area contributed by atoms with E-state index in [0.29, 0.717) is 6.54 Å². The zero-order chi connectivity index (χ0) is 17.9. The van der Waals surface area contributed by atoms with E-state index in [2.05, 4.69) is 25.6 Å². The zero-order valence-corrected chi connectivity index (χ0v) is 14.9. The summed E-state index contributed by atoms with van der Waals surface area (Å²) in [6.07, 6.45) is 11.4. The third-order valence-corrected chi connectivity index (χ3v) is 5.08. The maximum Gasteiger partial charge on any atom is 0.255 e.